The Morgan fingerprint density at radius 2 is 1.88 bits per heavy atom. The van der Waals surface area contributed by atoms with Crippen molar-refractivity contribution in [3.8, 4) is 0 Å². The van der Waals surface area contributed by atoms with E-state index in [1.165, 1.54) is 0 Å². The summed E-state index contributed by atoms with van der Waals surface area (Å²) >= 11 is 0. The lowest BCUT2D eigenvalue weighted by molar-refractivity contribution is -0.120. The second-order valence-electron chi connectivity index (χ2n) is 3.36. The number of rotatable bonds is 5. The van der Waals surface area contributed by atoms with E-state index in [1.54, 1.807) is 0 Å². The Balaban J connectivity index is 2.31. The van der Waals surface area contributed by atoms with Crippen LogP contribution >= 0.6 is 0 Å². The predicted octanol–water partition coefficient (Wildman–Crippen LogP) is -0.148. The Hall–Kier alpha value is -1.40. The van der Waals surface area contributed by atoms with Gasteiger partial charge in [-0.2, -0.15) is 0 Å². The van der Waals surface area contributed by atoms with E-state index in [9.17, 15) is 13.2 Å². The van der Waals surface area contributed by atoms with Crippen LogP contribution in [0.2, 0.25) is 0 Å². The molecule has 0 aliphatic carbocycles. The first-order valence-corrected chi connectivity index (χ1v) is 6.62. The highest BCUT2D eigenvalue weighted by Gasteiger charge is 2.05. The molecule has 0 heterocycles. The van der Waals surface area contributed by atoms with Gasteiger partial charge in [-0.3, -0.25) is 4.79 Å². The van der Waals surface area contributed by atoms with Gasteiger partial charge >= 0.3 is 0 Å². The molecule has 1 aromatic rings. The number of carbonyl (C=O) groups excluding carboxylic acids is 1. The monoisotopic (exact) mass is 242 g/mol. The molecule has 0 aromatic heterocycles. The fourth-order valence-corrected chi connectivity index (χ4v) is 1.45. The number of hydrogen-bond acceptors (Lipinski definition) is 3. The van der Waals surface area contributed by atoms with Crippen molar-refractivity contribution in [2.75, 3.05) is 12.8 Å². The number of amides is 1. The maximum absolute atomic E-state index is 11.2. The van der Waals surface area contributed by atoms with E-state index in [0.29, 0.717) is 6.54 Å². The zero-order valence-corrected chi connectivity index (χ0v) is 9.75. The molecule has 16 heavy (non-hydrogen) atoms. The van der Waals surface area contributed by atoms with Crippen LogP contribution in [-0.4, -0.2) is 27.1 Å². The van der Waals surface area contributed by atoms with Crippen LogP contribution in [-0.2, 0) is 21.4 Å². The first-order valence-electron chi connectivity index (χ1n) is 4.72. The summed E-state index contributed by atoms with van der Waals surface area (Å²) in [5.74, 6) is -0.353. The molecular formula is C10H14N2O3S. The minimum Gasteiger partial charge on any atom is -0.351 e. The Kier molecular flexibility index (Phi) is 4.45. The van der Waals surface area contributed by atoms with Crippen LogP contribution < -0.4 is 10.0 Å². The number of carbonyl (C=O) groups is 1. The topological polar surface area (TPSA) is 75.3 Å². The largest absolute Gasteiger partial charge is 0.351 e. The van der Waals surface area contributed by atoms with Crippen molar-refractivity contribution in [3.05, 3.63) is 35.9 Å². The second-order valence-corrected chi connectivity index (χ2v) is 5.19. The van der Waals surface area contributed by atoms with Crippen molar-refractivity contribution in [3.63, 3.8) is 0 Å². The molecular weight excluding hydrogens is 228 g/mol. The third-order valence-corrected chi connectivity index (χ3v) is 2.50. The van der Waals surface area contributed by atoms with Crippen LogP contribution in [0.4, 0.5) is 0 Å². The van der Waals surface area contributed by atoms with Gasteiger partial charge in [0.2, 0.25) is 15.9 Å². The maximum atomic E-state index is 11.2. The average molecular weight is 242 g/mol. The highest BCUT2D eigenvalue weighted by atomic mass is 32.2. The number of sulfonamides is 1. The van der Waals surface area contributed by atoms with E-state index in [0.717, 1.165) is 11.8 Å². The van der Waals surface area contributed by atoms with E-state index in [-0.39, 0.29) is 12.5 Å². The molecule has 1 aromatic carbocycles. The van der Waals surface area contributed by atoms with Crippen molar-refractivity contribution >= 4 is 15.9 Å². The molecule has 5 nitrogen and oxygen atoms in total. The molecule has 0 bridgehead atoms. The minimum atomic E-state index is -3.31. The van der Waals surface area contributed by atoms with E-state index in [4.69, 9.17) is 0 Å². The Morgan fingerprint density at radius 3 is 2.44 bits per heavy atom. The van der Waals surface area contributed by atoms with Crippen molar-refractivity contribution in [1.29, 1.82) is 0 Å². The zero-order valence-electron chi connectivity index (χ0n) is 8.93. The molecule has 0 saturated carbocycles. The van der Waals surface area contributed by atoms with Gasteiger partial charge in [-0.15, -0.1) is 0 Å². The molecule has 1 rings (SSSR count). The Labute approximate surface area is 94.9 Å². The van der Waals surface area contributed by atoms with E-state index >= 15 is 0 Å². The summed E-state index contributed by atoms with van der Waals surface area (Å²) in [5, 5.41) is 2.61. The normalized spacial score (nSPS) is 11.1. The van der Waals surface area contributed by atoms with Gasteiger partial charge in [0, 0.05) is 6.54 Å². The van der Waals surface area contributed by atoms with Gasteiger partial charge in [-0.1, -0.05) is 30.3 Å². The highest BCUT2D eigenvalue weighted by Crippen LogP contribution is 1.96. The van der Waals surface area contributed by atoms with E-state index < -0.39 is 10.0 Å². The summed E-state index contributed by atoms with van der Waals surface area (Å²) in [7, 11) is -3.31. The lowest BCUT2D eigenvalue weighted by Gasteiger charge is -2.05. The van der Waals surface area contributed by atoms with Crippen LogP contribution in [0.3, 0.4) is 0 Å². The molecule has 2 N–H and O–H groups in total. The smallest absolute Gasteiger partial charge is 0.235 e. The number of benzene rings is 1. The number of nitrogens with one attached hydrogen (secondary N) is 2. The average Bonchev–Trinajstić information content (AvgIpc) is 2.24. The third kappa shape index (κ3) is 5.47. The standard InChI is InChI=1S/C10H14N2O3S/c1-16(14,15)12-8-10(13)11-7-9-5-3-2-4-6-9/h2-6,12H,7-8H2,1H3,(H,11,13). The Bertz CT molecular complexity index is 442. The van der Waals surface area contributed by atoms with E-state index in [2.05, 4.69) is 10.0 Å². The van der Waals surface area contributed by atoms with Crippen LogP contribution in [0, 0.1) is 0 Å². The summed E-state index contributed by atoms with van der Waals surface area (Å²) < 4.78 is 23.6. The quantitative estimate of drug-likeness (QED) is 0.754. The maximum Gasteiger partial charge on any atom is 0.235 e. The van der Waals surface area contributed by atoms with Gasteiger partial charge in [0.15, 0.2) is 0 Å². The van der Waals surface area contributed by atoms with Gasteiger partial charge in [-0.05, 0) is 5.56 Å². The molecule has 88 valence electrons. The molecule has 0 atom stereocenters. The van der Waals surface area contributed by atoms with Crippen LogP contribution in [0.1, 0.15) is 5.56 Å². The summed E-state index contributed by atoms with van der Waals surface area (Å²) in [6.45, 7) is 0.163. The van der Waals surface area contributed by atoms with E-state index in [1.807, 2.05) is 30.3 Å². The van der Waals surface area contributed by atoms with Gasteiger partial charge in [0.25, 0.3) is 0 Å². The fraction of sp³-hybridized carbons (Fsp3) is 0.300. The Morgan fingerprint density at radius 1 is 1.25 bits per heavy atom. The molecule has 6 heteroatoms. The van der Waals surface area contributed by atoms with Crippen LogP contribution in [0.15, 0.2) is 30.3 Å². The van der Waals surface area contributed by atoms with Gasteiger partial charge in [-0.25, -0.2) is 13.1 Å². The number of hydrogen-bond donors (Lipinski definition) is 2. The first-order chi connectivity index (χ1) is 7.47. The molecule has 0 aliphatic heterocycles. The summed E-state index contributed by atoms with van der Waals surface area (Å²) in [4.78, 5) is 11.2. The third-order valence-electron chi connectivity index (χ3n) is 1.83. The molecule has 0 spiro atoms. The zero-order chi connectivity index (χ0) is 12.0. The fourth-order valence-electron chi connectivity index (χ4n) is 1.06. The molecule has 0 saturated heterocycles. The van der Waals surface area contributed by atoms with Gasteiger partial charge < -0.3 is 5.32 Å². The van der Waals surface area contributed by atoms with Gasteiger partial charge in [0.05, 0.1) is 12.8 Å². The summed E-state index contributed by atoms with van der Waals surface area (Å²) in [5.41, 5.74) is 0.968. The molecule has 0 aliphatic rings. The minimum absolute atomic E-state index is 0.230. The lowest BCUT2D eigenvalue weighted by atomic mass is 10.2. The van der Waals surface area contributed by atoms with Crippen LogP contribution in [0.5, 0.6) is 0 Å². The molecule has 1 amide bonds. The summed E-state index contributed by atoms with van der Waals surface area (Å²) in [6.07, 6.45) is 1.01. The van der Waals surface area contributed by atoms with Crippen molar-refractivity contribution in [1.82, 2.24) is 10.0 Å². The van der Waals surface area contributed by atoms with Gasteiger partial charge in [0.1, 0.15) is 0 Å². The second kappa shape index (κ2) is 5.62. The van der Waals surface area contributed by atoms with Crippen LogP contribution in [0.25, 0.3) is 0 Å². The van der Waals surface area contributed by atoms with Crippen molar-refractivity contribution in [2.45, 2.75) is 6.54 Å². The first kappa shape index (κ1) is 12.7. The summed E-state index contributed by atoms with van der Waals surface area (Å²) in [6, 6.07) is 9.39. The predicted molar refractivity (Wildman–Crippen MR) is 61.1 cm³/mol. The van der Waals surface area contributed by atoms with Crippen molar-refractivity contribution in [2.24, 2.45) is 0 Å². The molecule has 0 unspecified atom stereocenters. The van der Waals surface area contributed by atoms with Crippen molar-refractivity contribution < 1.29 is 13.2 Å². The highest BCUT2D eigenvalue weighted by molar-refractivity contribution is 7.88. The lowest BCUT2D eigenvalue weighted by Crippen LogP contribution is -2.36. The molecule has 0 fully saturated rings. The molecule has 0 radical (unpaired) electrons. The SMILES string of the molecule is CS(=O)(=O)NCC(=O)NCc1ccccc1.